The van der Waals surface area contributed by atoms with Crippen LogP contribution in [0.15, 0.2) is 85.7 Å². The van der Waals surface area contributed by atoms with Gasteiger partial charge >= 0.3 is 5.97 Å². The van der Waals surface area contributed by atoms with Gasteiger partial charge in [0.1, 0.15) is 5.71 Å². The smallest absolute Gasteiger partial charge is 0.354 e. The Hall–Kier alpha value is -3.20. The summed E-state index contributed by atoms with van der Waals surface area (Å²) in [7, 11) is 0. The molecule has 0 saturated heterocycles. The molecule has 0 bridgehead atoms. The fourth-order valence-electron chi connectivity index (χ4n) is 4.83. The molecule has 0 unspecified atom stereocenters. The number of amides is 1. The molecule has 8 N–H and O–H groups in total. The predicted molar refractivity (Wildman–Crippen MR) is 218 cm³/mol. The summed E-state index contributed by atoms with van der Waals surface area (Å²) in [6, 6.07) is 13.3. The normalized spacial score (nSPS) is 11.8. The summed E-state index contributed by atoms with van der Waals surface area (Å²) in [6.07, 6.45) is 0.701. The van der Waals surface area contributed by atoms with Gasteiger partial charge in [-0.1, -0.05) is 10.3 Å². The number of nitrogens with zero attached hydrogens (tertiary/aromatic N) is 2. The molecular formula is C34H28Br6N4O9. The number of nitrogens with one attached hydrogen (secondary N) is 1. The Kier molecular flexibility index (Phi) is 15.6. The number of carboxylic acid groups (broad SMARTS) is 1. The zero-order valence-corrected chi connectivity index (χ0v) is 36.5. The van der Waals surface area contributed by atoms with Gasteiger partial charge in [0.2, 0.25) is 0 Å². The number of phenolic OH excluding ortho intramolecular Hbond substituents is 2. The van der Waals surface area contributed by atoms with Crippen molar-refractivity contribution in [1.82, 2.24) is 5.32 Å². The number of carbonyl (C=O) groups excluding carboxylic acids is 1. The van der Waals surface area contributed by atoms with Crippen LogP contribution in [0, 0.1) is 0 Å². The number of benzene rings is 4. The third-order valence-electron chi connectivity index (χ3n) is 7.34. The fraction of sp³-hybridized carbons (Fsp3) is 0.176. The van der Waals surface area contributed by atoms with Gasteiger partial charge in [0.05, 0.1) is 26.8 Å². The molecule has 0 radical (unpaired) electrons. The summed E-state index contributed by atoms with van der Waals surface area (Å²) >= 11 is 20.5. The molecule has 0 spiro atoms. The summed E-state index contributed by atoms with van der Waals surface area (Å²) in [5, 5.41) is 58.0. The van der Waals surface area contributed by atoms with Gasteiger partial charge < -0.3 is 46.3 Å². The van der Waals surface area contributed by atoms with Gasteiger partial charge in [-0.3, -0.25) is 4.79 Å². The van der Waals surface area contributed by atoms with E-state index >= 15 is 0 Å². The predicted octanol–water partition coefficient (Wildman–Crippen LogP) is 8.95. The molecule has 4 rings (SSSR count). The Morgan fingerprint density at radius 3 is 1.49 bits per heavy atom. The second-order valence-corrected chi connectivity index (χ2v) is 16.3. The van der Waals surface area contributed by atoms with E-state index < -0.39 is 17.6 Å². The number of aromatic hydroxyl groups is 2. The molecule has 0 saturated carbocycles. The van der Waals surface area contributed by atoms with Gasteiger partial charge in [-0.15, -0.1) is 0 Å². The molecule has 53 heavy (non-hydrogen) atoms. The van der Waals surface area contributed by atoms with Crippen LogP contribution in [0.3, 0.4) is 0 Å². The SMILES string of the molecule is NCCc1cc(Br)c(Oc2cc(CCNC(=O)/C(Cc3cc(Br)c(Oc4cc(C/C(=N\O)C(=O)O)cc(Br)c4O)c(Br)c3)=N/O)cc(Br)c2O)c(Br)c1. The molecule has 0 heterocycles. The number of ether oxygens (including phenoxy) is 2. The molecular weight excluding hydrogens is 1090 g/mol. The van der Waals surface area contributed by atoms with Crippen molar-refractivity contribution in [1.29, 1.82) is 0 Å². The number of halogens is 6. The van der Waals surface area contributed by atoms with Gasteiger partial charge in [-0.05, 0) is 186 Å². The molecule has 13 nitrogen and oxygen atoms in total. The number of rotatable bonds is 15. The maximum Gasteiger partial charge on any atom is 0.354 e. The molecule has 1 amide bonds. The van der Waals surface area contributed by atoms with Crippen LogP contribution in [0.25, 0.3) is 0 Å². The van der Waals surface area contributed by atoms with Gasteiger partial charge in [0.15, 0.2) is 40.2 Å². The topological polar surface area (TPSA) is 217 Å². The summed E-state index contributed by atoms with van der Waals surface area (Å²) in [5.41, 5.74) is 7.66. The molecule has 0 fully saturated rings. The van der Waals surface area contributed by atoms with Crippen LogP contribution in [0.4, 0.5) is 0 Å². The minimum atomic E-state index is -1.41. The fourth-order valence-corrected chi connectivity index (χ4v) is 8.70. The molecule has 19 heteroatoms. The first-order valence-electron chi connectivity index (χ1n) is 15.1. The first kappa shape index (κ1) is 42.5. The maximum absolute atomic E-state index is 13.0. The van der Waals surface area contributed by atoms with Crippen LogP contribution in [0.1, 0.15) is 22.3 Å². The molecule has 0 aliphatic heterocycles. The Morgan fingerprint density at radius 2 is 1.02 bits per heavy atom. The highest BCUT2D eigenvalue weighted by molar-refractivity contribution is 9.11. The number of carbonyl (C=O) groups is 2. The first-order valence-corrected chi connectivity index (χ1v) is 19.9. The van der Waals surface area contributed by atoms with Crippen LogP contribution >= 0.6 is 95.6 Å². The van der Waals surface area contributed by atoms with Crippen molar-refractivity contribution in [3.8, 4) is 34.5 Å². The van der Waals surface area contributed by atoms with Crippen LogP contribution in [0.2, 0.25) is 0 Å². The number of phenols is 2. The highest BCUT2D eigenvalue weighted by Crippen LogP contribution is 2.45. The van der Waals surface area contributed by atoms with E-state index in [0.717, 1.165) is 11.1 Å². The van der Waals surface area contributed by atoms with E-state index in [-0.39, 0.29) is 58.3 Å². The second-order valence-electron chi connectivity index (χ2n) is 11.1. The van der Waals surface area contributed by atoms with Gasteiger partial charge in [0.25, 0.3) is 5.91 Å². The monoisotopic (exact) mass is 1110 g/mol. The quantitative estimate of drug-likeness (QED) is 0.0341. The van der Waals surface area contributed by atoms with E-state index in [9.17, 15) is 30.1 Å². The summed E-state index contributed by atoms with van der Waals surface area (Å²) in [6.45, 7) is 0.648. The number of aliphatic carboxylic acids is 1. The van der Waals surface area contributed by atoms with Crippen LogP contribution in [-0.4, -0.2) is 62.1 Å². The zero-order chi connectivity index (χ0) is 39.0. The Morgan fingerprint density at radius 1 is 0.623 bits per heavy atom. The number of carboxylic acids is 1. The third kappa shape index (κ3) is 11.2. The lowest BCUT2D eigenvalue weighted by Crippen LogP contribution is -2.33. The maximum atomic E-state index is 13.0. The van der Waals surface area contributed by atoms with Crippen molar-refractivity contribution < 1.29 is 44.8 Å². The molecule has 4 aromatic carbocycles. The summed E-state index contributed by atoms with van der Waals surface area (Å²) in [5.74, 6) is -1.53. The van der Waals surface area contributed by atoms with Gasteiger partial charge in [-0.2, -0.15) is 0 Å². The first-order chi connectivity index (χ1) is 25.1. The number of hydrogen-bond donors (Lipinski definition) is 7. The van der Waals surface area contributed by atoms with Crippen LogP contribution in [0.5, 0.6) is 34.5 Å². The van der Waals surface area contributed by atoms with Crippen molar-refractivity contribution >= 4 is 119 Å². The molecule has 4 aromatic rings. The molecule has 0 aliphatic carbocycles. The summed E-state index contributed by atoms with van der Waals surface area (Å²) < 4.78 is 14.8. The molecule has 0 aromatic heterocycles. The van der Waals surface area contributed by atoms with E-state index in [2.05, 4.69) is 111 Å². The average Bonchev–Trinajstić information content (AvgIpc) is 3.09. The van der Waals surface area contributed by atoms with E-state index in [1.54, 1.807) is 24.3 Å². The van der Waals surface area contributed by atoms with E-state index in [1.165, 1.54) is 12.1 Å². The Balaban J connectivity index is 1.42. The molecule has 280 valence electrons. The molecule has 0 atom stereocenters. The Labute approximate surface area is 353 Å². The van der Waals surface area contributed by atoms with E-state index in [0.29, 0.717) is 58.6 Å². The van der Waals surface area contributed by atoms with Crippen molar-refractivity contribution in [3.05, 3.63) is 97.6 Å². The van der Waals surface area contributed by atoms with Gasteiger partial charge in [-0.25, -0.2) is 4.79 Å². The highest BCUT2D eigenvalue weighted by Gasteiger charge is 2.21. The zero-order valence-electron chi connectivity index (χ0n) is 27.0. The van der Waals surface area contributed by atoms with Crippen molar-refractivity contribution in [2.45, 2.75) is 25.7 Å². The number of nitrogens with two attached hydrogens (primary N) is 1. The lowest BCUT2D eigenvalue weighted by Gasteiger charge is -2.15. The van der Waals surface area contributed by atoms with Crippen molar-refractivity contribution in [2.24, 2.45) is 16.0 Å². The minimum Gasteiger partial charge on any atom is -0.503 e. The lowest BCUT2D eigenvalue weighted by atomic mass is 10.1. The van der Waals surface area contributed by atoms with Crippen LogP contribution < -0.4 is 20.5 Å². The third-order valence-corrected chi connectivity index (χ3v) is 10.9. The van der Waals surface area contributed by atoms with E-state index in [4.69, 9.17) is 20.4 Å². The average molecular weight is 1120 g/mol. The van der Waals surface area contributed by atoms with Crippen LogP contribution in [-0.2, 0) is 35.3 Å². The second kappa shape index (κ2) is 19.4. The van der Waals surface area contributed by atoms with Gasteiger partial charge in [0, 0.05) is 19.4 Å². The van der Waals surface area contributed by atoms with Crippen molar-refractivity contribution in [2.75, 3.05) is 13.1 Å². The molecule has 0 aliphatic rings. The minimum absolute atomic E-state index is 0.0275. The number of oxime groups is 2. The summed E-state index contributed by atoms with van der Waals surface area (Å²) in [4.78, 5) is 24.3. The largest absolute Gasteiger partial charge is 0.503 e. The lowest BCUT2D eigenvalue weighted by molar-refractivity contribution is -0.129. The number of hydrogen-bond acceptors (Lipinski definition) is 11. The Bertz CT molecular complexity index is 2070. The van der Waals surface area contributed by atoms with Crippen molar-refractivity contribution in [3.63, 3.8) is 0 Å². The van der Waals surface area contributed by atoms with E-state index in [1.807, 2.05) is 12.1 Å². The highest BCUT2D eigenvalue weighted by atomic mass is 79.9. The standard InChI is InChI=1S/C34H28Br6N4O9/c35-19-5-16(13-27(29(19)45)52-31-21(37)6-15(1-3-41)7-22(31)38)2-4-42-33(47)25(43-50)11-17-9-23(39)32(24(40)10-17)53-28-14-18(8-20(36)30(28)46)12-26(44-51)34(48)49/h5-10,13-14,45-46,50-51H,1-4,11-12,41H2,(H,42,47)(H,48,49)/b43-25+,44-26+.